The van der Waals surface area contributed by atoms with Crippen LogP contribution < -0.4 is 0 Å². The second-order valence-electron chi connectivity index (χ2n) is 7.83. The highest BCUT2D eigenvalue weighted by atomic mass is 15.0. The number of benzene rings is 1. The van der Waals surface area contributed by atoms with Crippen LogP contribution in [0.15, 0.2) is 30.5 Å². The topological polar surface area (TPSA) is 4.93 Å². The van der Waals surface area contributed by atoms with Gasteiger partial charge in [0.1, 0.15) is 0 Å². The Morgan fingerprint density at radius 1 is 1.05 bits per heavy atom. The first-order chi connectivity index (χ1) is 9.15. The molecule has 0 unspecified atom stereocenters. The second kappa shape index (κ2) is 4.95. The molecule has 0 aliphatic rings. The van der Waals surface area contributed by atoms with Crippen LogP contribution in [0.25, 0.3) is 10.9 Å². The maximum absolute atomic E-state index is 2.47. The van der Waals surface area contributed by atoms with E-state index in [9.17, 15) is 0 Å². The Bertz CT molecular complexity index is 599. The van der Waals surface area contributed by atoms with Crippen LogP contribution in [0.1, 0.15) is 53.5 Å². The van der Waals surface area contributed by atoms with E-state index in [4.69, 9.17) is 0 Å². The lowest BCUT2D eigenvalue weighted by Gasteiger charge is -2.39. The molecule has 0 saturated carbocycles. The van der Waals surface area contributed by atoms with E-state index >= 15 is 0 Å². The van der Waals surface area contributed by atoms with Crippen LogP contribution in [-0.2, 0) is 5.54 Å². The van der Waals surface area contributed by atoms with Gasteiger partial charge in [0.2, 0.25) is 0 Å². The molecular formula is C19H29N. The summed E-state index contributed by atoms with van der Waals surface area (Å²) in [5, 5.41) is 1.38. The maximum atomic E-state index is 2.47. The van der Waals surface area contributed by atoms with E-state index in [1.807, 2.05) is 0 Å². The van der Waals surface area contributed by atoms with Gasteiger partial charge >= 0.3 is 0 Å². The van der Waals surface area contributed by atoms with Crippen molar-refractivity contribution in [1.82, 2.24) is 4.57 Å². The van der Waals surface area contributed by atoms with Crippen molar-refractivity contribution in [1.29, 1.82) is 0 Å². The molecule has 0 atom stereocenters. The summed E-state index contributed by atoms with van der Waals surface area (Å²) in [5.74, 6) is 0.685. The fourth-order valence-corrected chi connectivity index (χ4v) is 3.26. The third kappa shape index (κ3) is 2.63. The molecule has 0 aliphatic heterocycles. The SMILES string of the molecule is Cc1cn(C(C)(C)CC(C)(C)C(C)C)c2ccccc12. The van der Waals surface area contributed by atoms with Gasteiger partial charge in [-0.1, -0.05) is 45.9 Å². The van der Waals surface area contributed by atoms with Crippen molar-refractivity contribution in [2.75, 3.05) is 0 Å². The minimum Gasteiger partial charge on any atom is -0.342 e. The average molecular weight is 271 g/mol. The molecule has 0 amide bonds. The van der Waals surface area contributed by atoms with Crippen molar-refractivity contribution in [3.05, 3.63) is 36.0 Å². The van der Waals surface area contributed by atoms with Gasteiger partial charge in [0, 0.05) is 22.6 Å². The molecule has 2 aromatic rings. The highest BCUT2D eigenvalue weighted by molar-refractivity contribution is 5.83. The normalized spacial score (nSPS) is 13.4. The standard InChI is InChI=1S/C19H29N/c1-14(2)18(4,5)13-19(6,7)20-12-15(3)16-10-8-9-11-17(16)20/h8-12,14H,13H2,1-7H3. The molecule has 0 N–H and O–H groups in total. The summed E-state index contributed by atoms with van der Waals surface area (Å²) in [6, 6.07) is 8.74. The Labute approximate surface area is 124 Å². The second-order valence-corrected chi connectivity index (χ2v) is 7.83. The molecule has 0 fully saturated rings. The molecule has 0 aliphatic carbocycles. The van der Waals surface area contributed by atoms with E-state index in [-0.39, 0.29) is 5.54 Å². The van der Waals surface area contributed by atoms with Crippen molar-refractivity contribution in [3.8, 4) is 0 Å². The largest absolute Gasteiger partial charge is 0.342 e. The third-order valence-corrected chi connectivity index (χ3v) is 5.01. The number of hydrogen-bond donors (Lipinski definition) is 0. The van der Waals surface area contributed by atoms with E-state index in [0.29, 0.717) is 11.3 Å². The van der Waals surface area contributed by atoms with Crippen molar-refractivity contribution < 1.29 is 0 Å². The van der Waals surface area contributed by atoms with Gasteiger partial charge in [-0.2, -0.15) is 0 Å². The van der Waals surface area contributed by atoms with Crippen molar-refractivity contribution >= 4 is 10.9 Å². The molecule has 0 saturated heterocycles. The van der Waals surface area contributed by atoms with E-state index < -0.39 is 0 Å². The molecule has 1 nitrogen and oxygen atoms in total. The molecule has 0 radical (unpaired) electrons. The van der Waals surface area contributed by atoms with Gasteiger partial charge < -0.3 is 4.57 Å². The van der Waals surface area contributed by atoms with E-state index in [2.05, 4.69) is 83.5 Å². The fourth-order valence-electron chi connectivity index (χ4n) is 3.26. The van der Waals surface area contributed by atoms with Gasteiger partial charge in [-0.25, -0.2) is 0 Å². The first-order valence-electron chi connectivity index (χ1n) is 7.72. The fraction of sp³-hybridized carbons (Fsp3) is 0.579. The first kappa shape index (κ1) is 15.2. The van der Waals surface area contributed by atoms with Crippen LogP contribution >= 0.6 is 0 Å². The van der Waals surface area contributed by atoms with E-state index in [1.54, 1.807) is 0 Å². The van der Waals surface area contributed by atoms with Crippen LogP contribution in [0, 0.1) is 18.3 Å². The predicted molar refractivity (Wildman–Crippen MR) is 89.2 cm³/mol. The highest BCUT2D eigenvalue weighted by Gasteiger charge is 2.33. The number of aromatic nitrogens is 1. The molecule has 2 rings (SSSR count). The minimum absolute atomic E-state index is 0.127. The summed E-state index contributed by atoms with van der Waals surface area (Å²) in [6.45, 7) is 16.4. The number of fused-ring (bicyclic) bond motifs is 1. The molecule has 1 aromatic heterocycles. The van der Waals surface area contributed by atoms with Gasteiger partial charge in [0.05, 0.1) is 0 Å². The quantitative estimate of drug-likeness (QED) is 0.666. The van der Waals surface area contributed by atoms with Gasteiger partial charge in [-0.15, -0.1) is 0 Å². The molecular weight excluding hydrogens is 242 g/mol. The monoisotopic (exact) mass is 271 g/mol. The number of para-hydroxylation sites is 1. The van der Waals surface area contributed by atoms with Gasteiger partial charge in [-0.3, -0.25) is 0 Å². The maximum Gasteiger partial charge on any atom is 0.0488 e. The number of nitrogens with zero attached hydrogens (tertiary/aromatic N) is 1. The highest BCUT2D eigenvalue weighted by Crippen LogP contribution is 2.40. The molecule has 0 bridgehead atoms. The number of hydrogen-bond acceptors (Lipinski definition) is 0. The molecule has 1 heterocycles. The van der Waals surface area contributed by atoms with Crippen molar-refractivity contribution in [3.63, 3.8) is 0 Å². The Balaban J connectivity index is 2.47. The molecule has 1 heteroatoms. The molecule has 20 heavy (non-hydrogen) atoms. The zero-order valence-corrected chi connectivity index (χ0v) is 14.1. The van der Waals surface area contributed by atoms with Crippen LogP contribution in [-0.4, -0.2) is 4.57 Å². The summed E-state index contributed by atoms with van der Waals surface area (Å²) in [7, 11) is 0. The van der Waals surface area contributed by atoms with Crippen LogP contribution in [0.5, 0.6) is 0 Å². The Kier molecular flexibility index (Phi) is 3.75. The lowest BCUT2D eigenvalue weighted by molar-refractivity contribution is 0.146. The predicted octanol–water partition coefficient (Wildman–Crippen LogP) is 5.76. The average Bonchev–Trinajstić information content (AvgIpc) is 2.67. The van der Waals surface area contributed by atoms with E-state index in [0.717, 1.165) is 0 Å². The zero-order valence-electron chi connectivity index (χ0n) is 14.1. The molecule has 110 valence electrons. The van der Waals surface area contributed by atoms with Crippen molar-refractivity contribution in [2.45, 2.75) is 60.4 Å². The van der Waals surface area contributed by atoms with Gasteiger partial charge in [-0.05, 0) is 50.2 Å². The summed E-state index contributed by atoms with van der Waals surface area (Å²) in [6.07, 6.45) is 3.50. The summed E-state index contributed by atoms with van der Waals surface area (Å²) in [5.41, 5.74) is 3.19. The Hall–Kier alpha value is -1.24. The van der Waals surface area contributed by atoms with Crippen LogP contribution in [0.3, 0.4) is 0 Å². The zero-order chi connectivity index (χ0) is 15.1. The van der Waals surface area contributed by atoms with Crippen molar-refractivity contribution in [2.24, 2.45) is 11.3 Å². The Morgan fingerprint density at radius 3 is 2.25 bits per heavy atom. The van der Waals surface area contributed by atoms with Crippen LogP contribution in [0.4, 0.5) is 0 Å². The smallest absolute Gasteiger partial charge is 0.0488 e. The summed E-state index contributed by atoms with van der Waals surface area (Å²) >= 11 is 0. The Morgan fingerprint density at radius 2 is 1.65 bits per heavy atom. The summed E-state index contributed by atoms with van der Waals surface area (Å²) < 4.78 is 2.47. The number of aryl methyl sites for hydroxylation is 1. The van der Waals surface area contributed by atoms with Crippen LogP contribution in [0.2, 0.25) is 0 Å². The van der Waals surface area contributed by atoms with Gasteiger partial charge in [0.25, 0.3) is 0 Å². The van der Waals surface area contributed by atoms with E-state index in [1.165, 1.54) is 22.9 Å². The first-order valence-corrected chi connectivity index (χ1v) is 7.72. The van der Waals surface area contributed by atoms with Gasteiger partial charge in [0.15, 0.2) is 0 Å². The molecule has 1 aromatic carbocycles. The lowest BCUT2D eigenvalue weighted by atomic mass is 9.72. The minimum atomic E-state index is 0.127. The third-order valence-electron chi connectivity index (χ3n) is 5.01. The number of rotatable bonds is 4. The summed E-state index contributed by atoms with van der Waals surface area (Å²) in [4.78, 5) is 0. The lowest BCUT2D eigenvalue weighted by Crippen LogP contribution is -2.34. The molecule has 0 spiro atoms.